The maximum atomic E-state index is 10.7. The van der Waals surface area contributed by atoms with Gasteiger partial charge < -0.3 is 14.9 Å². The fourth-order valence-corrected chi connectivity index (χ4v) is 6.02. The number of methoxy groups -OCH3 is 1. The zero-order chi connectivity index (χ0) is 16.4. The fourth-order valence-electron chi connectivity index (χ4n) is 6.02. The minimum Gasteiger partial charge on any atom is -0.497 e. The predicted molar refractivity (Wildman–Crippen MR) is 89.6 cm³/mol. The van der Waals surface area contributed by atoms with Crippen LogP contribution in [0.15, 0.2) is 18.2 Å². The van der Waals surface area contributed by atoms with Crippen molar-refractivity contribution in [3.8, 4) is 5.75 Å². The summed E-state index contributed by atoms with van der Waals surface area (Å²) >= 11 is 0. The van der Waals surface area contributed by atoms with E-state index in [0.29, 0.717) is 17.8 Å². The van der Waals surface area contributed by atoms with E-state index in [2.05, 4.69) is 25.1 Å². The lowest BCUT2D eigenvalue weighted by Crippen LogP contribution is -2.46. The van der Waals surface area contributed by atoms with Crippen molar-refractivity contribution < 1.29 is 14.9 Å². The van der Waals surface area contributed by atoms with Crippen molar-refractivity contribution in [3.05, 3.63) is 29.3 Å². The van der Waals surface area contributed by atoms with Crippen LogP contribution in [-0.2, 0) is 6.42 Å². The van der Waals surface area contributed by atoms with Crippen molar-refractivity contribution in [2.24, 2.45) is 17.3 Å². The summed E-state index contributed by atoms with van der Waals surface area (Å²) in [5, 5.41) is 21.3. The van der Waals surface area contributed by atoms with Gasteiger partial charge >= 0.3 is 0 Å². The van der Waals surface area contributed by atoms with Gasteiger partial charge in [0.1, 0.15) is 5.75 Å². The first kappa shape index (κ1) is 15.5. The topological polar surface area (TPSA) is 49.7 Å². The molecule has 1 aromatic rings. The molecule has 0 aromatic heterocycles. The van der Waals surface area contributed by atoms with E-state index in [1.54, 1.807) is 7.11 Å². The molecule has 0 amide bonds. The summed E-state index contributed by atoms with van der Waals surface area (Å²) in [7, 11) is 1.72. The average molecular weight is 316 g/mol. The summed E-state index contributed by atoms with van der Waals surface area (Å²) in [5.74, 6) is 2.52. The van der Waals surface area contributed by atoms with E-state index in [1.807, 2.05) is 6.92 Å². The number of aliphatic hydroxyl groups is 2. The lowest BCUT2D eigenvalue weighted by Gasteiger charge is -2.50. The molecular weight excluding hydrogens is 288 g/mol. The molecule has 3 heteroatoms. The number of aliphatic hydroxyl groups excluding tert-OH is 1. The lowest BCUT2D eigenvalue weighted by molar-refractivity contribution is -0.0903. The van der Waals surface area contributed by atoms with E-state index in [-0.39, 0.29) is 5.41 Å². The third-order valence-corrected chi connectivity index (χ3v) is 7.22. The van der Waals surface area contributed by atoms with Crippen LogP contribution in [0.3, 0.4) is 0 Å². The van der Waals surface area contributed by atoms with Gasteiger partial charge in [0.15, 0.2) is 0 Å². The van der Waals surface area contributed by atoms with E-state index in [4.69, 9.17) is 4.74 Å². The molecule has 0 spiro atoms. The molecule has 2 saturated carbocycles. The van der Waals surface area contributed by atoms with Gasteiger partial charge in [-0.25, -0.2) is 0 Å². The first-order valence-electron chi connectivity index (χ1n) is 8.94. The van der Waals surface area contributed by atoms with Gasteiger partial charge in [-0.3, -0.25) is 0 Å². The van der Waals surface area contributed by atoms with Crippen LogP contribution in [0, 0.1) is 17.3 Å². The molecule has 0 aliphatic heterocycles. The predicted octanol–water partition coefficient (Wildman–Crippen LogP) is 3.27. The molecule has 0 unspecified atom stereocenters. The van der Waals surface area contributed by atoms with Gasteiger partial charge in [0, 0.05) is 0 Å². The SMILES string of the molecule is COc1ccc2c(c1)CC[C@H]1[C@H]2CC[C@@]2(C)[C@@H](O)[C@](C)(O)C[C@@H]12. The highest BCUT2D eigenvalue weighted by Crippen LogP contribution is 2.63. The second-order valence-electron chi connectivity index (χ2n) is 8.49. The Hall–Kier alpha value is -1.06. The van der Waals surface area contributed by atoms with Crippen LogP contribution in [0.25, 0.3) is 0 Å². The van der Waals surface area contributed by atoms with Crippen LogP contribution in [-0.4, -0.2) is 29.0 Å². The number of benzene rings is 1. The van der Waals surface area contributed by atoms with E-state index in [9.17, 15) is 10.2 Å². The Bertz CT molecular complexity index is 623. The third-order valence-electron chi connectivity index (χ3n) is 7.22. The van der Waals surface area contributed by atoms with Crippen molar-refractivity contribution in [1.82, 2.24) is 0 Å². The van der Waals surface area contributed by atoms with Crippen LogP contribution >= 0.6 is 0 Å². The molecule has 0 radical (unpaired) electrons. The Kier molecular flexibility index (Phi) is 3.34. The highest BCUT2D eigenvalue weighted by Gasteiger charge is 2.61. The second kappa shape index (κ2) is 4.97. The molecule has 4 rings (SSSR count). The Morgan fingerprint density at radius 3 is 2.74 bits per heavy atom. The highest BCUT2D eigenvalue weighted by atomic mass is 16.5. The summed E-state index contributed by atoms with van der Waals surface area (Å²) in [4.78, 5) is 0. The van der Waals surface area contributed by atoms with Crippen molar-refractivity contribution >= 4 is 0 Å². The zero-order valence-corrected chi connectivity index (χ0v) is 14.4. The number of rotatable bonds is 1. The quantitative estimate of drug-likeness (QED) is 0.836. The molecule has 126 valence electrons. The van der Waals surface area contributed by atoms with Crippen molar-refractivity contribution in [2.45, 2.75) is 63.6 Å². The first-order valence-corrected chi connectivity index (χ1v) is 8.94. The normalized spacial score (nSPS) is 45.1. The van der Waals surface area contributed by atoms with Gasteiger partial charge in [0.2, 0.25) is 0 Å². The Labute approximate surface area is 138 Å². The summed E-state index contributed by atoms with van der Waals surface area (Å²) < 4.78 is 5.38. The van der Waals surface area contributed by atoms with Gasteiger partial charge in [0.25, 0.3) is 0 Å². The molecule has 3 aliphatic rings. The third kappa shape index (κ3) is 2.09. The number of ether oxygens (including phenoxy) is 1. The van der Waals surface area contributed by atoms with E-state index < -0.39 is 11.7 Å². The molecule has 0 heterocycles. The molecule has 3 aliphatic carbocycles. The minimum atomic E-state index is -0.936. The van der Waals surface area contributed by atoms with Crippen molar-refractivity contribution in [2.75, 3.05) is 7.11 Å². The highest BCUT2D eigenvalue weighted by molar-refractivity contribution is 5.40. The van der Waals surface area contributed by atoms with E-state index >= 15 is 0 Å². The van der Waals surface area contributed by atoms with Gasteiger partial charge in [0.05, 0.1) is 18.8 Å². The molecule has 3 nitrogen and oxygen atoms in total. The molecule has 6 atom stereocenters. The van der Waals surface area contributed by atoms with E-state index in [0.717, 1.165) is 37.9 Å². The Balaban J connectivity index is 1.70. The summed E-state index contributed by atoms with van der Waals surface area (Å²) in [6.45, 7) is 4.02. The second-order valence-corrected chi connectivity index (χ2v) is 8.49. The molecule has 23 heavy (non-hydrogen) atoms. The number of hydrogen-bond acceptors (Lipinski definition) is 3. The van der Waals surface area contributed by atoms with Gasteiger partial charge in [-0.1, -0.05) is 13.0 Å². The van der Waals surface area contributed by atoms with Crippen LogP contribution in [0.4, 0.5) is 0 Å². The number of hydrogen-bond donors (Lipinski definition) is 2. The molecule has 1 aromatic carbocycles. The van der Waals surface area contributed by atoms with Crippen LogP contribution < -0.4 is 4.74 Å². The van der Waals surface area contributed by atoms with Crippen molar-refractivity contribution in [1.29, 1.82) is 0 Å². The number of fused-ring (bicyclic) bond motifs is 5. The minimum absolute atomic E-state index is 0.130. The zero-order valence-electron chi connectivity index (χ0n) is 14.4. The largest absolute Gasteiger partial charge is 0.497 e. The maximum absolute atomic E-state index is 10.7. The monoisotopic (exact) mass is 316 g/mol. The number of aryl methyl sites for hydroxylation is 1. The Morgan fingerprint density at radius 1 is 1.22 bits per heavy atom. The maximum Gasteiger partial charge on any atom is 0.119 e. The standard InChI is InChI=1S/C20H28O3/c1-19-9-8-15-14-7-5-13(23-3)10-12(14)4-6-16(15)17(19)11-20(2,22)18(19)21/h5,7,10,15-18,21-22H,4,6,8-9,11H2,1-3H3/t15-,16-,17-,18+,19+,20+/m0/s1. The van der Waals surface area contributed by atoms with Gasteiger partial charge in [-0.2, -0.15) is 0 Å². The van der Waals surface area contributed by atoms with Crippen molar-refractivity contribution in [3.63, 3.8) is 0 Å². The van der Waals surface area contributed by atoms with Crippen LogP contribution in [0.1, 0.15) is 56.6 Å². The summed E-state index contributed by atoms with van der Waals surface area (Å²) in [6.07, 6.45) is 4.49. The summed E-state index contributed by atoms with van der Waals surface area (Å²) in [5.41, 5.74) is 1.84. The van der Waals surface area contributed by atoms with Crippen LogP contribution in [0.2, 0.25) is 0 Å². The molecule has 0 saturated heterocycles. The fraction of sp³-hybridized carbons (Fsp3) is 0.700. The van der Waals surface area contributed by atoms with E-state index in [1.165, 1.54) is 11.1 Å². The Morgan fingerprint density at radius 2 is 2.00 bits per heavy atom. The molecule has 2 fully saturated rings. The van der Waals surface area contributed by atoms with Gasteiger partial charge in [-0.15, -0.1) is 0 Å². The molecule has 2 N–H and O–H groups in total. The van der Waals surface area contributed by atoms with Crippen LogP contribution in [0.5, 0.6) is 5.75 Å². The first-order chi connectivity index (χ1) is 10.9. The molecular formula is C20H28O3. The smallest absolute Gasteiger partial charge is 0.119 e. The van der Waals surface area contributed by atoms with Gasteiger partial charge in [-0.05, 0) is 85.5 Å². The summed E-state index contributed by atoms with van der Waals surface area (Å²) in [6, 6.07) is 6.52. The molecule has 0 bridgehead atoms. The lowest BCUT2D eigenvalue weighted by atomic mass is 9.55. The average Bonchev–Trinajstić information content (AvgIpc) is 2.73.